The highest BCUT2D eigenvalue weighted by Crippen LogP contribution is 2.03. The summed E-state index contributed by atoms with van der Waals surface area (Å²) in [5, 5.41) is 0. The molecule has 0 saturated heterocycles. The third kappa shape index (κ3) is 2.66. The molecule has 0 radical (unpaired) electrons. The van der Waals surface area contributed by atoms with Gasteiger partial charge in [-0.3, -0.25) is 14.5 Å². The molecule has 1 rings (SSSR count). The molecule has 4 heteroatoms. The van der Waals surface area contributed by atoms with Gasteiger partial charge in [0.05, 0.1) is 0 Å². The van der Waals surface area contributed by atoms with Gasteiger partial charge in [-0.15, -0.1) is 0 Å². The van der Waals surface area contributed by atoms with Gasteiger partial charge in [-0.1, -0.05) is 0 Å². The first kappa shape index (κ1) is 9.92. The van der Waals surface area contributed by atoms with E-state index in [-0.39, 0.29) is 11.8 Å². The Kier molecular flexibility index (Phi) is 3.64. The fourth-order valence-corrected chi connectivity index (χ4v) is 1.12. The van der Waals surface area contributed by atoms with Gasteiger partial charge in [0.1, 0.15) is 0 Å². The summed E-state index contributed by atoms with van der Waals surface area (Å²) in [4.78, 5) is 23.3. The van der Waals surface area contributed by atoms with Gasteiger partial charge in [0.2, 0.25) is 0 Å². The molecule has 0 aliphatic carbocycles. The van der Waals surface area contributed by atoms with E-state index in [0.29, 0.717) is 26.2 Å². The summed E-state index contributed by atoms with van der Waals surface area (Å²) in [6.07, 6.45) is 3.29. The van der Waals surface area contributed by atoms with E-state index in [1.54, 1.807) is 0 Å². The molecule has 0 fully saturated rings. The number of hydrogen-bond acceptors (Lipinski definition) is 3. The maximum absolute atomic E-state index is 11.0. The fraction of sp³-hybridized carbons (Fsp3) is 0.556. The van der Waals surface area contributed by atoms with Crippen LogP contribution in [-0.4, -0.2) is 36.5 Å². The summed E-state index contributed by atoms with van der Waals surface area (Å²) in [5.74, 6) is -0.442. The molecule has 1 aliphatic rings. The van der Waals surface area contributed by atoms with Gasteiger partial charge in [-0.25, -0.2) is 0 Å². The van der Waals surface area contributed by atoms with Crippen molar-refractivity contribution in [1.82, 2.24) is 4.90 Å². The predicted octanol–water partition coefficient (Wildman–Crippen LogP) is 0.338. The third-order valence-corrected chi connectivity index (χ3v) is 1.78. The number of carbonyl (C=O) groups excluding carboxylic acids is 2. The number of carbonyl (C=O) groups is 2. The van der Waals surface area contributed by atoms with Gasteiger partial charge in [0.25, 0.3) is 11.8 Å². The average molecular weight is 183 g/mol. The lowest BCUT2D eigenvalue weighted by atomic mass is 10.4. The average Bonchev–Trinajstić information content (AvgIpc) is 2.42. The highest BCUT2D eigenvalue weighted by atomic mass is 16.5. The Morgan fingerprint density at radius 2 is 1.92 bits per heavy atom. The topological polar surface area (TPSA) is 46.6 Å². The zero-order chi connectivity index (χ0) is 9.68. The molecular formula is C9H13NO3. The lowest BCUT2D eigenvalue weighted by molar-refractivity contribution is -0.136. The molecule has 72 valence electrons. The minimum absolute atomic E-state index is 0.221. The SMILES string of the molecule is CCOCCCN1C(=O)C=CC1=O. The van der Waals surface area contributed by atoms with Crippen molar-refractivity contribution < 1.29 is 14.3 Å². The van der Waals surface area contributed by atoms with Crippen molar-refractivity contribution in [2.75, 3.05) is 19.8 Å². The second-order valence-electron chi connectivity index (χ2n) is 2.71. The van der Waals surface area contributed by atoms with Crippen LogP contribution >= 0.6 is 0 Å². The summed E-state index contributed by atoms with van der Waals surface area (Å²) in [6, 6.07) is 0. The molecular weight excluding hydrogens is 170 g/mol. The summed E-state index contributed by atoms with van der Waals surface area (Å²) in [6.45, 7) is 3.62. The van der Waals surface area contributed by atoms with Crippen LogP contribution in [0.5, 0.6) is 0 Å². The molecule has 0 N–H and O–H groups in total. The van der Waals surface area contributed by atoms with Gasteiger partial charge in [0, 0.05) is 31.9 Å². The molecule has 0 aromatic carbocycles. The molecule has 0 spiro atoms. The van der Waals surface area contributed by atoms with Crippen LogP contribution in [0.3, 0.4) is 0 Å². The molecule has 1 aliphatic heterocycles. The second kappa shape index (κ2) is 4.77. The van der Waals surface area contributed by atoms with E-state index in [2.05, 4.69) is 0 Å². The molecule has 13 heavy (non-hydrogen) atoms. The zero-order valence-corrected chi connectivity index (χ0v) is 7.66. The monoisotopic (exact) mass is 183 g/mol. The van der Waals surface area contributed by atoms with Gasteiger partial charge < -0.3 is 4.74 Å². The number of rotatable bonds is 5. The Morgan fingerprint density at radius 1 is 1.31 bits per heavy atom. The first-order chi connectivity index (χ1) is 6.25. The van der Waals surface area contributed by atoms with Crippen LogP contribution in [0.2, 0.25) is 0 Å². The number of hydrogen-bond donors (Lipinski definition) is 0. The van der Waals surface area contributed by atoms with E-state index in [1.165, 1.54) is 17.1 Å². The molecule has 0 saturated carbocycles. The minimum atomic E-state index is -0.221. The molecule has 0 aromatic heterocycles. The van der Waals surface area contributed by atoms with E-state index >= 15 is 0 Å². The summed E-state index contributed by atoms with van der Waals surface area (Å²) in [5.41, 5.74) is 0. The van der Waals surface area contributed by atoms with Gasteiger partial charge in [-0.2, -0.15) is 0 Å². The highest BCUT2D eigenvalue weighted by Gasteiger charge is 2.21. The molecule has 0 atom stereocenters. The van der Waals surface area contributed by atoms with Crippen LogP contribution in [0.4, 0.5) is 0 Å². The van der Waals surface area contributed by atoms with Crippen molar-refractivity contribution in [1.29, 1.82) is 0 Å². The first-order valence-electron chi connectivity index (χ1n) is 4.37. The van der Waals surface area contributed by atoms with Gasteiger partial charge in [-0.05, 0) is 13.3 Å². The third-order valence-electron chi connectivity index (χ3n) is 1.78. The Hall–Kier alpha value is -1.16. The van der Waals surface area contributed by atoms with Crippen molar-refractivity contribution in [3.63, 3.8) is 0 Å². The largest absolute Gasteiger partial charge is 0.382 e. The maximum atomic E-state index is 11.0. The Morgan fingerprint density at radius 3 is 2.46 bits per heavy atom. The Balaban J connectivity index is 2.22. The van der Waals surface area contributed by atoms with E-state index in [4.69, 9.17) is 4.74 Å². The fourth-order valence-electron chi connectivity index (χ4n) is 1.12. The van der Waals surface area contributed by atoms with E-state index in [9.17, 15) is 9.59 Å². The van der Waals surface area contributed by atoms with Crippen LogP contribution in [0.25, 0.3) is 0 Å². The standard InChI is InChI=1S/C9H13NO3/c1-2-13-7-3-6-10-8(11)4-5-9(10)12/h4-5H,2-3,6-7H2,1H3. The molecule has 2 amide bonds. The number of ether oxygens (including phenoxy) is 1. The summed E-state index contributed by atoms with van der Waals surface area (Å²) < 4.78 is 5.09. The second-order valence-corrected chi connectivity index (χ2v) is 2.71. The summed E-state index contributed by atoms with van der Waals surface area (Å²) >= 11 is 0. The molecule has 4 nitrogen and oxygen atoms in total. The van der Waals surface area contributed by atoms with Gasteiger partial charge >= 0.3 is 0 Å². The van der Waals surface area contributed by atoms with Gasteiger partial charge in [0.15, 0.2) is 0 Å². The van der Waals surface area contributed by atoms with Crippen molar-refractivity contribution >= 4 is 11.8 Å². The number of imide groups is 1. The van der Waals surface area contributed by atoms with E-state index in [0.717, 1.165) is 0 Å². The lowest BCUT2D eigenvalue weighted by Gasteiger charge is -2.12. The summed E-state index contributed by atoms with van der Waals surface area (Å²) in [7, 11) is 0. The quantitative estimate of drug-likeness (QED) is 0.456. The van der Waals surface area contributed by atoms with Crippen molar-refractivity contribution in [2.45, 2.75) is 13.3 Å². The van der Waals surface area contributed by atoms with Crippen LogP contribution in [0, 0.1) is 0 Å². The smallest absolute Gasteiger partial charge is 0.253 e. The molecule has 0 unspecified atom stereocenters. The van der Waals surface area contributed by atoms with Crippen LogP contribution in [-0.2, 0) is 14.3 Å². The van der Waals surface area contributed by atoms with Crippen molar-refractivity contribution in [3.8, 4) is 0 Å². The van der Waals surface area contributed by atoms with E-state index < -0.39 is 0 Å². The molecule has 0 bridgehead atoms. The minimum Gasteiger partial charge on any atom is -0.382 e. The van der Waals surface area contributed by atoms with Crippen LogP contribution in [0.1, 0.15) is 13.3 Å². The normalized spacial score (nSPS) is 15.9. The Labute approximate surface area is 77.2 Å². The van der Waals surface area contributed by atoms with Crippen LogP contribution < -0.4 is 0 Å². The maximum Gasteiger partial charge on any atom is 0.253 e. The Bertz CT molecular complexity index is 217. The van der Waals surface area contributed by atoms with Crippen molar-refractivity contribution in [2.24, 2.45) is 0 Å². The zero-order valence-electron chi connectivity index (χ0n) is 7.66. The molecule has 0 aromatic rings. The first-order valence-corrected chi connectivity index (χ1v) is 4.37. The predicted molar refractivity (Wildman–Crippen MR) is 47.0 cm³/mol. The number of amides is 2. The molecule has 1 heterocycles. The number of nitrogens with zero attached hydrogens (tertiary/aromatic N) is 1. The highest BCUT2D eigenvalue weighted by molar-refractivity contribution is 6.12. The van der Waals surface area contributed by atoms with Crippen molar-refractivity contribution in [3.05, 3.63) is 12.2 Å². The van der Waals surface area contributed by atoms with Crippen LogP contribution in [0.15, 0.2) is 12.2 Å². The van der Waals surface area contributed by atoms with E-state index in [1.807, 2.05) is 6.92 Å². The lowest BCUT2D eigenvalue weighted by Crippen LogP contribution is -2.31.